The number of para-hydroxylation sites is 4. The van der Waals surface area contributed by atoms with Crippen molar-refractivity contribution in [1.29, 1.82) is 0 Å². The fourth-order valence-electron chi connectivity index (χ4n) is 23.2. The maximum Gasteiger partial charge on any atom is 0.0541 e. The van der Waals surface area contributed by atoms with Gasteiger partial charge in [0.25, 0.3) is 0 Å². The average molecular weight is 1850 g/mol. The van der Waals surface area contributed by atoms with Gasteiger partial charge in [0.2, 0.25) is 0 Å². The lowest BCUT2D eigenvalue weighted by Crippen LogP contribution is -1.99. The minimum Gasteiger partial charge on any atom is -0.309 e. The molecule has 0 saturated carbocycles. The Balaban J connectivity index is 0.000000109. The molecule has 0 saturated heterocycles. The number of hydrogen-bond acceptors (Lipinski definition) is 1. The summed E-state index contributed by atoms with van der Waals surface area (Å²) in [5.41, 5.74) is 54.1. The third kappa shape index (κ3) is 15.3. The number of aromatic nitrogens is 2. The Morgan fingerprint density at radius 3 is 0.868 bits per heavy atom. The normalized spacial score (nSPS) is 11.9. The van der Waals surface area contributed by atoms with Gasteiger partial charge in [0, 0.05) is 53.8 Å². The second-order valence-electron chi connectivity index (χ2n) is 38.3. The molecule has 674 valence electrons. The molecule has 3 aromatic heterocycles. The van der Waals surface area contributed by atoms with Crippen LogP contribution in [0, 0.1) is 0 Å². The fourth-order valence-corrected chi connectivity index (χ4v) is 24.4. The van der Waals surface area contributed by atoms with Gasteiger partial charge in [0.15, 0.2) is 0 Å². The molecule has 0 spiro atoms. The second kappa shape index (κ2) is 36.3. The summed E-state index contributed by atoms with van der Waals surface area (Å²) < 4.78 is 7.60. The van der Waals surface area contributed by atoms with Gasteiger partial charge in [-0.25, -0.2) is 0 Å². The van der Waals surface area contributed by atoms with Crippen molar-refractivity contribution in [2.75, 3.05) is 0 Å². The highest BCUT2D eigenvalue weighted by Gasteiger charge is 2.30. The molecule has 0 radical (unpaired) electrons. The molecule has 0 amide bonds. The molecule has 0 unspecified atom stereocenters. The molecule has 144 heavy (non-hydrogen) atoms. The summed E-state index contributed by atoms with van der Waals surface area (Å²) >= 11 is 1.89. The van der Waals surface area contributed by atoms with E-state index in [0.29, 0.717) is 0 Å². The fraction of sp³-hybridized carbons (Fsp3) is 0.0213. The Bertz CT molecular complexity index is 9380. The van der Waals surface area contributed by atoms with E-state index in [1.807, 2.05) is 11.3 Å². The van der Waals surface area contributed by atoms with E-state index < -0.39 is 0 Å². The van der Waals surface area contributed by atoms with Gasteiger partial charge < -0.3 is 9.13 Å². The molecule has 23 aromatic carbocycles. The van der Waals surface area contributed by atoms with Crippen LogP contribution in [0.25, 0.3) is 242 Å². The summed E-state index contributed by atoms with van der Waals surface area (Å²) in [4.78, 5) is 0. The first-order valence-corrected chi connectivity index (χ1v) is 50.8. The van der Waals surface area contributed by atoms with Crippen molar-refractivity contribution < 1.29 is 0 Å². The molecule has 26 aromatic rings. The smallest absolute Gasteiger partial charge is 0.0541 e. The van der Waals surface area contributed by atoms with E-state index in [1.54, 1.807) is 0 Å². The Hall–Kier alpha value is -18.1. The number of nitrogens with zero attached hydrogens (tertiary/aromatic N) is 2. The minimum absolute atomic E-state index is 0.911. The highest BCUT2D eigenvalue weighted by Crippen LogP contribution is 2.52. The highest BCUT2D eigenvalue weighted by atomic mass is 32.1. The zero-order valence-corrected chi connectivity index (χ0v) is 80.0. The van der Waals surface area contributed by atoms with E-state index in [4.69, 9.17) is 0 Å². The number of benzene rings is 23. The molecule has 2 nitrogen and oxygen atoms in total. The number of rotatable bonds is 14. The van der Waals surface area contributed by atoms with Crippen LogP contribution in [0.15, 0.2) is 534 Å². The van der Waals surface area contributed by atoms with Crippen LogP contribution in [0.3, 0.4) is 0 Å². The topological polar surface area (TPSA) is 9.86 Å². The summed E-state index contributed by atoms with van der Waals surface area (Å²) in [6.45, 7) is 0. The molecule has 3 aliphatic rings. The first-order valence-electron chi connectivity index (χ1n) is 50.0. The van der Waals surface area contributed by atoms with Crippen LogP contribution in [-0.2, 0) is 19.3 Å². The SMILES string of the molecule is c1ccc(-c2ccc(-c3cccc(-c4cc(-n5c6ccccc6c6ccccc65)cc5c4Cc4ccccc4-5)c3)cc2)cc1.c1ccc(-c2ccc(-c3cccc(-c4cccc5c4Cc4c(-c6ccc(-c7cccc(-c8cccc9c8sc8ccccc89)c7)cc6)cccc4-5)c3)cc2)cc1.c1ccc(-c2ccc(-c3cccc(-c4cccc5c4Cc4c-5cccc4-n4c5ccccc5c5ccccc54)c3)cc2)cc1. The van der Waals surface area contributed by atoms with Gasteiger partial charge in [0.05, 0.1) is 27.8 Å². The largest absolute Gasteiger partial charge is 0.309 e. The van der Waals surface area contributed by atoms with Gasteiger partial charge in [0.1, 0.15) is 0 Å². The van der Waals surface area contributed by atoms with Crippen LogP contribution in [0.2, 0.25) is 0 Å². The average Bonchev–Trinajstić information content (AvgIpc) is 1.58. The van der Waals surface area contributed by atoms with E-state index in [-0.39, 0.29) is 0 Å². The van der Waals surface area contributed by atoms with Crippen LogP contribution < -0.4 is 0 Å². The third-order valence-corrected chi connectivity index (χ3v) is 31.4. The van der Waals surface area contributed by atoms with Gasteiger partial charge in [-0.05, 0) is 286 Å². The minimum atomic E-state index is 0.911. The van der Waals surface area contributed by atoms with Crippen LogP contribution in [-0.4, -0.2) is 9.13 Å². The van der Waals surface area contributed by atoms with Gasteiger partial charge in [-0.15, -0.1) is 11.3 Å². The van der Waals surface area contributed by atoms with Crippen LogP contribution >= 0.6 is 11.3 Å². The van der Waals surface area contributed by atoms with E-state index in [9.17, 15) is 0 Å². The first-order chi connectivity index (χ1) is 71.4. The number of thiophene rings is 1. The second-order valence-corrected chi connectivity index (χ2v) is 39.3. The lowest BCUT2D eigenvalue weighted by molar-refractivity contribution is 1.12. The van der Waals surface area contributed by atoms with E-state index in [0.717, 1.165) is 19.3 Å². The zero-order valence-electron chi connectivity index (χ0n) is 79.2. The predicted molar refractivity (Wildman–Crippen MR) is 611 cm³/mol. The lowest BCUT2D eigenvalue weighted by atomic mass is 9.92. The van der Waals surface area contributed by atoms with Gasteiger partial charge in [-0.2, -0.15) is 0 Å². The molecule has 3 heterocycles. The van der Waals surface area contributed by atoms with Gasteiger partial charge >= 0.3 is 0 Å². The lowest BCUT2D eigenvalue weighted by Gasteiger charge is -2.16. The van der Waals surface area contributed by atoms with E-state index >= 15 is 0 Å². The van der Waals surface area contributed by atoms with Crippen molar-refractivity contribution in [2.45, 2.75) is 19.3 Å². The summed E-state index contributed by atoms with van der Waals surface area (Å²) in [6.07, 6.45) is 2.78. The van der Waals surface area contributed by atoms with E-state index in [2.05, 4.69) is 543 Å². The standard InChI is InChI=1S/C55H36S.2C43H29N/c1-2-11-36(12-3-1)37-25-27-38(28-26-37)41-13-6-15-43(33-41)46-19-9-22-49-48-21-8-18-45(52(48)35-53(46)49)40-31-29-39(30-32-40)42-14-7-16-44(34-42)47-20-10-23-51-50-17-4-5-24-54(50)56-55(47)51;1-2-11-29(12-3-1)30-23-25-31(26-24-30)32-13-8-14-33(27-32)34-17-9-18-35-36-19-10-22-43(40(36)28-39(34)35)44-41-20-6-4-15-37(41)38-16-5-7-21-42(38)44;1-2-11-29(12-3-1)30-21-23-31(24-22-30)32-14-10-15-33(25-32)39-27-35(28-41-36-16-5-4-13-34(36)26-40(39)41)44-42-19-8-6-17-37(42)38-18-7-9-20-43(38)44/h1-34H,35H2;1-27H,28H2;1-25,27-28H,26H2. The van der Waals surface area contributed by atoms with Crippen molar-refractivity contribution in [3.63, 3.8) is 0 Å². The first kappa shape index (κ1) is 85.1. The summed E-state index contributed by atoms with van der Waals surface area (Å²) in [5.74, 6) is 0. The van der Waals surface area contributed by atoms with E-state index in [1.165, 1.54) is 275 Å². The summed E-state index contributed by atoms with van der Waals surface area (Å²) in [5, 5.41) is 7.83. The molecule has 0 bridgehead atoms. The molecular formula is C141H94N2S. The van der Waals surface area contributed by atoms with Crippen molar-refractivity contribution in [3.8, 4) is 178 Å². The Morgan fingerprint density at radius 1 is 0.146 bits per heavy atom. The van der Waals surface area contributed by atoms with Crippen LogP contribution in [0.4, 0.5) is 0 Å². The zero-order chi connectivity index (χ0) is 95.1. The van der Waals surface area contributed by atoms with Crippen molar-refractivity contribution in [2.24, 2.45) is 0 Å². The molecule has 0 atom stereocenters. The highest BCUT2D eigenvalue weighted by molar-refractivity contribution is 7.26. The molecule has 0 N–H and O–H groups in total. The molecule has 0 fully saturated rings. The summed E-state index contributed by atoms with van der Waals surface area (Å²) in [6, 6.07) is 196. The molecule has 0 aliphatic heterocycles. The van der Waals surface area contributed by atoms with Crippen molar-refractivity contribution in [1.82, 2.24) is 9.13 Å². The van der Waals surface area contributed by atoms with Crippen molar-refractivity contribution in [3.05, 3.63) is 567 Å². The number of fused-ring (bicyclic) bond motifs is 18. The Kier molecular flexibility index (Phi) is 21.4. The van der Waals surface area contributed by atoms with Crippen LogP contribution in [0.1, 0.15) is 33.4 Å². The summed E-state index contributed by atoms with van der Waals surface area (Å²) in [7, 11) is 0. The Morgan fingerprint density at radius 2 is 0.417 bits per heavy atom. The van der Waals surface area contributed by atoms with Crippen LogP contribution in [0.5, 0.6) is 0 Å². The van der Waals surface area contributed by atoms with Gasteiger partial charge in [-0.3, -0.25) is 0 Å². The predicted octanol–water partition coefficient (Wildman–Crippen LogP) is 38.3. The monoisotopic (exact) mass is 1850 g/mol. The third-order valence-electron chi connectivity index (χ3n) is 30.1. The molecule has 3 aliphatic carbocycles. The quantitative estimate of drug-likeness (QED) is 0.103. The maximum absolute atomic E-state index is 2.47. The molecule has 29 rings (SSSR count). The number of hydrogen-bond donors (Lipinski definition) is 0. The molecular weight excluding hydrogens is 1750 g/mol. The van der Waals surface area contributed by atoms with Gasteiger partial charge in [-0.1, -0.05) is 461 Å². The Labute approximate surface area is 842 Å². The van der Waals surface area contributed by atoms with Crippen molar-refractivity contribution >= 4 is 75.1 Å². The maximum atomic E-state index is 2.47. The molecule has 3 heteroatoms.